The van der Waals surface area contributed by atoms with E-state index in [1.165, 1.54) is 42.5 Å². The minimum Gasteiger partial charge on any atom is -0.478 e. The summed E-state index contributed by atoms with van der Waals surface area (Å²) in [4.78, 5) is 33.3. The molecule has 0 aliphatic carbocycles. The Morgan fingerprint density at radius 1 is 1.12 bits per heavy atom. The van der Waals surface area contributed by atoms with Crippen LogP contribution in [0.2, 0.25) is 0 Å². The van der Waals surface area contributed by atoms with Crippen molar-refractivity contribution < 1.29 is 19.6 Å². The predicted molar refractivity (Wildman–Crippen MR) is 94.9 cm³/mol. The fraction of sp³-hybridized carbons (Fsp3) is 0.0625. The fourth-order valence-electron chi connectivity index (χ4n) is 1.98. The van der Waals surface area contributed by atoms with Crippen LogP contribution in [0.25, 0.3) is 0 Å². The summed E-state index contributed by atoms with van der Waals surface area (Å²) in [5.41, 5.74) is 0.997. The summed E-state index contributed by atoms with van der Waals surface area (Å²) < 4.78 is 0. The average molecular weight is 359 g/mol. The minimum absolute atomic E-state index is 0.0173. The standard InChI is InChI=1S/C16H13N3O5S/c1-9-2-3-11(8-13(9)19(23)24)14(20)18-16(25)17-12-6-4-10(5-7-12)15(21)22/h2-8H,1H3,(H,21,22)(H2,17,18,20,25). The van der Waals surface area contributed by atoms with Crippen molar-refractivity contribution in [2.45, 2.75) is 6.92 Å². The van der Waals surface area contributed by atoms with Gasteiger partial charge in [-0.05, 0) is 49.5 Å². The first kappa shape index (κ1) is 18.0. The van der Waals surface area contributed by atoms with Gasteiger partial charge in [0, 0.05) is 22.9 Å². The van der Waals surface area contributed by atoms with Gasteiger partial charge in [-0.25, -0.2) is 4.79 Å². The van der Waals surface area contributed by atoms with E-state index in [4.69, 9.17) is 17.3 Å². The zero-order valence-corrected chi connectivity index (χ0v) is 13.8. The smallest absolute Gasteiger partial charge is 0.335 e. The lowest BCUT2D eigenvalue weighted by molar-refractivity contribution is -0.385. The highest BCUT2D eigenvalue weighted by molar-refractivity contribution is 7.80. The molecule has 0 radical (unpaired) electrons. The first-order valence-corrected chi connectivity index (χ1v) is 7.39. The summed E-state index contributed by atoms with van der Waals surface area (Å²) in [6.07, 6.45) is 0. The number of carboxylic acids is 1. The van der Waals surface area contributed by atoms with Gasteiger partial charge in [-0.1, -0.05) is 6.07 Å². The molecule has 0 spiro atoms. The highest BCUT2D eigenvalue weighted by Crippen LogP contribution is 2.19. The number of aryl methyl sites for hydroxylation is 1. The molecule has 9 heteroatoms. The molecule has 0 atom stereocenters. The summed E-state index contributed by atoms with van der Waals surface area (Å²) >= 11 is 5.01. The van der Waals surface area contributed by atoms with E-state index in [0.29, 0.717) is 11.3 Å². The van der Waals surface area contributed by atoms with Crippen LogP contribution in [0.5, 0.6) is 0 Å². The maximum Gasteiger partial charge on any atom is 0.335 e. The normalized spacial score (nSPS) is 9.96. The number of nitrogens with one attached hydrogen (secondary N) is 2. The molecule has 2 aromatic rings. The van der Waals surface area contributed by atoms with Crippen molar-refractivity contribution in [2.24, 2.45) is 0 Å². The van der Waals surface area contributed by atoms with E-state index in [-0.39, 0.29) is 21.9 Å². The molecule has 0 unspecified atom stereocenters. The number of anilines is 1. The Hall–Kier alpha value is -3.33. The minimum atomic E-state index is -1.05. The number of aromatic carboxylic acids is 1. The molecule has 2 aromatic carbocycles. The van der Waals surface area contributed by atoms with E-state index in [1.54, 1.807) is 6.92 Å². The fourth-order valence-corrected chi connectivity index (χ4v) is 2.19. The van der Waals surface area contributed by atoms with Crippen molar-refractivity contribution in [3.63, 3.8) is 0 Å². The van der Waals surface area contributed by atoms with Crippen molar-refractivity contribution >= 4 is 40.6 Å². The van der Waals surface area contributed by atoms with Gasteiger partial charge in [0.25, 0.3) is 11.6 Å². The summed E-state index contributed by atoms with van der Waals surface area (Å²) in [7, 11) is 0. The van der Waals surface area contributed by atoms with Gasteiger partial charge < -0.3 is 10.4 Å². The Balaban J connectivity index is 2.05. The van der Waals surface area contributed by atoms with Gasteiger partial charge >= 0.3 is 5.97 Å². The Morgan fingerprint density at radius 2 is 1.72 bits per heavy atom. The first-order valence-electron chi connectivity index (χ1n) is 6.98. The summed E-state index contributed by atoms with van der Waals surface area (Å²) in [6, 6.07) is 9.89. The van der Waals surface area contributed by atoms with Crippen molar-refractivity contribution in [3.05, 3.63) is 69.3 Å². The number of amides is 1. The largest absolute Gasteiger partial charge is 0.478 e. The lowest BCUT2D eigenvalue weighted by atomic mass is 10.1. The number of carbonyl (C=O) groups excluding carboxylic acids is 1. The van der Waals surface area contributed by atoms with Crippen molar-refractivity contribution in [1.29, 1.82) is 0 Å². The molecule has 2 rings (SSSR count). The van der Waals surface area contributed by atoms with Crippen LogP contribution in [0.4, 0.5) is 11.4 Å². The zero-order valence-electron chi connectivity index (χ0n) is 13.0. The molecule has 3 N–H and O–H groups in total. The number of hydrogen-bond donors (Lipinski definition) is 3. The number of benzene rings is 2. The van der Waals surface area contributed by atoms with E-state index in [0.717, 1.165) is 0 Å². The number of carbonyl (C=O) groups is 2. The second-order valence-electron chi connectivity index (χ2n) is 5.05. The second-order valence-corrected chi connectivity index (χ2v) is 5.46. The SMILES string of the molecule is Cc1ccc(C(=O)NC(=S)Nc2ccc(C(=O)O)cc2)cc1[N+](=O)[O-]. The molecule has 0 heterocycles. The van der Waals surface area contributed by atoms with Crippen LogP contribution >= 0.6 is 12.2 Å². The number of nitro groups is 1. The zero-order chi connectivity index (χ0) is 18.6. The first-order chi connectivity index (χ1) is 11.8. The van der Waals surface area contributed by atoms with Gasteiger partial charge in [-0.15, -0.1) is 0 Å². The molecule has 0 saturated heterocycles. The lowest BCUT2D eigenvalue weighted by Crippen LogP contribution is -2.34. The number of rotatable bonds is 4. The summed E-state index contributed by atoms with van der Waals surface area (Å²) in [6.45, 7) is 1.58. The molecule has 0 aliphatic rings. The number of carboxylic acid groups (broad SMARTS) is 1. The van der Waals surface area contributed by atoms with E-state index in [2.05, 4.69) is 10.6 Å². The maximum atomic E-state index is 12.1. The van der Waals surface area contributed by atoms with Crippen LogP contribution in [0.15, 0.2) is 42.5 Å². The number of nitro benzene ring substituents is 1. The lowest BCUT2D eigenvalue weighted by Gasteiger charge is -2.10. The molecule has 8 nitrogen and oxygen atoms in total. The Labute approximate surface area is 147 Å². The van der Waals surface area contributed by atoms with Gasteiger partial charge in [0.1, 0.15) is 0 Å². The molecule has 128 valence electrons. The Bertz CT molecular complexity index is 865. The van der Waals surface area contributed by atoms with Gasteiger partial charge in [-0.3, -0.25) is 20.2 Å². The van der Waals surface area contributed by atoms with Crippen LogP contribution in [0.3, 0.4) is 0 Å². The topological polar surface area (TPSA) is 122 Å². The van der Waals surface area contributed by atoms with Crippen molar-refractivity contribution in [2.75, 3.05) is 5.32 Å². The maximum absolute atomic E-state index is 12.1. The van der Waals surface area contributed by atoms with E-state index in [1.807, 2.05) is 0 Å². The number of nitrogens with zero attached hydrogens (tertiary/aromatic N) is 1. The van der Waals surface area contributed by atoms with E-state index < -0.39 is 16.8 Å². The molecule has 0 aromatic heterocycles. The predicted octanol–water partition coefficient (Wildman–Crippen LogP) is 2.73. The van der Waals surface area contributed by atoms with Gasteiger partial charge in [-0.2, -0.15) is 0 Å². The molecule has 25 heavy (non-hydrogen) atoms. The molecular formula is C16H13N3O5S. The van der Waals surface area contributed by atoms with Crippen molar-refractivity contribution in [3.8, 4) is 0 Å². The van der Waals surface area contributed by atoms with E-state index >= 15 is 0 Å². The van der Waals surface area contributed by atoms with Crippen LogP contribution in [-0.2, 0) is 0 Å². The third-order valence-electron chi connectivity index (χ3n) is 3.28. The van der Waals surface area contributed by atoms with Gasteiger partial charge in [0.15, 0.2) is 5.11 Å². The third kappa shape index (κ3) is 4.58. The van der Waals surface area contributed by atoms with E-state index in [9.17, 15) is 19.7 Å². The molecule has 0 bridgehead atoms. The second kappa shape index (κ2) is 7.49. The Morgan fingerprint density at radius 3 is 2.28 bits per heavy atom. The highest BCUT2D eigenvalue weighted by atomic mass is 32.1. The molecule has 0 aliphatic heterocycles. The van der Waals surface area contributed by atoms with Crippen LogP contribution < -0.4 is 10.6 Å². The quantitative estimate of drug-likeness (QED) is 0.436. The highest BCUT2D eigenvalue weighted by Gasteiger charge is 2.15. The average Bonchev–Trinajstić information content (AvgIpc) is 2.55. The molecule has 1 amide bonds. The summed E-state index contributed by atoms with van der Waals surface area (Å²) in [5.74, 6) is -1.65. The summed E-state index contributed by atoms with van der Waals surface area (Å²) in [5, 5.41) is 24.9. The Kier molecular flexibility index (Phi) is 5.40. The van der Waals surface area contributed by atoms with Gasteiger partial charge in [0.05, 0.1) is 10.5 Å². The van der Waals surface area contributed by atoms with Crippen LogP contribution in [-0.4, -0.2) is 27.0 Å². The van der Waals surface area contributed by atoms with Gasteiger partial charge in [0.2, 0.25) is 0 Å². The molecule has 0 fully saturated rings. The molecular weight excluding hydrogens is 346 g/mol. The third-order valence-corrected chi connectivity index (χ3v) is 3.49. The molecule has 0 saturated carbocycles. The number of hydrogen-bond acceptors (Lipinski definition) is 5. The van der Waals surface area contributed by atoms with Crippen LogP contribution in [0.1, 0.15) is 26.3 Å². The monoisotopic (exact) mass is 359 g/mol. The van der Waals surface area contributed by atoms with Crippen molar-refractivity contribution in [1.82, 2.24) is 5.32 Å². The van der Waals surface area contributed by atoms with Crippen LogP contribution in [0, 0.1) is 17.0 Å². The number of thiocarbonyl (C=S) groups is 1.